The van der Waals surface area contributed by atoms with Gasteiger partial charge in [-0.05, 0) is 11.6 Å². The van der Waals surface area contributed by atoms with E-state index in [-0.39, 0.29) is 16.2 Å². The maximum Gasteiger partial charge on any atom is 0.281 e. The van der Waals surface area contributed by atoms with Gasteiger partial charge in [0, 0.05) is 11.3 Å². The predicted octanol–water partition coefficient (Wildman–Crippen LogP) is 2.73. The van der Waals surface area contributed by atoms with Gasteiger partial charge in [0.05, 0.1) is 4.90 Å². The second-order valence-electron chi connectivity index (χ2n) is 3.92. The van der Waals surface area contributed by atoms with Gasteiger partial charge in [0.25, 0.3) is 5.12 Å². The van der Waals surface area contributed by atoms with Gasteiger partial charge in [0.2, 0.25) is 9.84 Å². The van der Waals surface area contributed by atoms with Gasteiger partial charge in [-0.2, -0.15) is 12.6 Å². The molecule has 0 aliphatic rings. The Kier molecular flexibility index (Phi) is 4.07. The lowest BCUT2D eigenvalue weighted by atomic mass is 10.2. The van der Waals surface area contributed by atoms with Gasteiger partial charge in [-0.15, -0.1) is 0 Å². The predicted molar refractivity (Wildman–Crippen MR) is 77.1 cm³/mol. The molecule has 0 saturated heterocycles. The van der Waals surface area contributed by atoms with Crippen molar-refractivity contribution in [3.05, 3.63) is 65.7 Å². The fourth-order valence-electron chi connectivity index (χ4n) is 1.73. The molecule has 0 fully saturated rings. The number of rotatable bonds is 3. The number of carbonyl (C=O) groups excluding carboxylic acids is 1. The van der Waals surface area contributed by atoms with Crippen molar-refractivity contribution in [2.45, 2.75) is 10.6 Å². The van der Waals surface area contributed by atoms with Crippen molar-refractivity contribution in [1.82, 2.24) is 0 Å². The average molecular weight is 292 g/mol. The third-order valence-corrected chi connectivity index (χ3v) is 4.73. The molecule has 0 heterocycles. The Balaban J connectivity index is 2.52. The zero-order valence-electron chi connectivity index (χ0n) is 9.98. The minimum Gasteiger partial charge on any atom is -0.276 e. The van der Waals surface area contributed by atoms with Crippen LogP contribution in [0, 0.1) is 0 Å². The Hall–Kier alpha value is -1.59. The quantitative estimate of drug-likeness (QED) is 0.885. The van der Waals surface area contributed by atoms with E-state index >= 15 is 0 Å². The molecule has 5 heteroatoms. The van der Waals surface area contributed by atoms with Crippen molar-refractivity contribution in [3.63, 3.8) is 0 Å². The van der Waals surface area contributed by atoms with Gasteiger partial charge in [0.1, 0.15) is 0 Å². The first-order chi connectivity index (χ1) is 9.07. The van der Waals surface area contributed by atoms with Gasteiger partial charge in [-0.1, -0.05) is 48.5 Å². The Bertz CT molecular complexity index is 692. The Morgan fingerprint density at radius 2 is 1.53 bits per heavy atom. The van der Waals surface area contributed by atoms with Crippen molar-refractivity contribution in [3.8, 4) is 0 Å². The molecule has 0 radical (unpaired) electrons. The lowest BCUT2D eigenvalue weighted by Gasteiger charge is -2.07. The van der Waals surface area contributed by atoms with Crippen LogP contribution in [-0.2, 0) is 15.6 Å². The normalized spacial score (nSPS) is 11.2. The van der Waals surface area contributed by atoms with Crippen LogP contribution in [0.3, 0.4) is 0 Å². The minimum absolute atomic E-state index is 0.0267. The van der Waals surface area contributed by atoms with Crippen molar-refractivity contribution in [2.75, 3.05) is 0 Å². The van der Waals surface area contributed by atoms with E-state index in [0.717, 1.165) is 0 Å². The number of carbonyl (C=O) groups is 1. The van der Waals surface area contributed by atoms with Crippen molar-refractivity contribution in [1.29, 1.82) is 0 Å². The van der Waals surface area contributed by atoms with E-state index in [4.69, 9.17) is 0 Å². The van der Waals surface area contributed by atoms with E-state index in [9.17, 15) is 13.2 Å². The van der Waals surface area contributed by atoms with Gasteiger partial charge in [-0.25, -0.2) is 8.42 Å². The highest BCUT2D eigenvalue weighted by molar-refractivity contribution is 8.06. The monoisotopic (exact) mass is 292 g/mol. The maximum atomic E-state index is 12.3. The molecule has 0 atom stereocenters. The van der Waals surface area contributed by atoms with Crippen molar-refractivity contribution in [2.24, 2.45) is 0 Å². The highest BCUT2D eigenvalue weighted by Crippen LogP contribution is 2.21. The van der Waals surface area contributed by atoms with Crippen molar-refractivity contribution < 1.29 is 13.2 Å². The number of hydrogen-bond acceptors (Lipinski definition) is 4. The van der Waals surface area contributed by atoms with E-state index in [1.54, 1.807) is 36.4 Å². The summed E-state index contributed by atoms with van der Waals surface area (Å²) in [7, 11) is -4.02. The fraction of sp³-hybridized carbons (Fsp3) is 0.0714. The molecule has 19 heavy (non-hydrogen) atoms. The molecule has 2 aromatic rings. The van der Waals surface area contributed by atoms with Crippen LogP contribution in [0.15, 0.2) is 59.5 Å². The van der Waals surface area contributed by atoms with E-state index in [1.807, 2.05) is 0 Å². The summed E-state index contributed by atoms with van der Waals surface area (Å²) in [5, 5.41) is -0.887. The van der Waals surface area contributed by atoms with Crippen molar-refractivity contribution >= 4 is 27.6 Å². The van der Waals surface area contributed by atoms with Crippen LogP contribution >= 0.6 is 12.6 Å². The molecule has 98 valence electrons. The lowest BCUT2D eigenvalue weighted by Crippen LogP contribution is -2.16. The molecule has 0 aliphatic carbocycles. The molecule has 0 bridgehead atoms. The number of sulfone groups is 1. The molecule has 2 aromatic carbocycles. The standard InChI is InChI=1S/C14H12O3S2/c15-14(11-6-2-1-3-7-11)19(16,17)13-9-5-4-8-12(13)10-18/h1-9,18H,10H2. The molecule has 3 nitrogen and oxygen atoms in total. The summed E-state index contributed by atoms with van der Waals surface area (Å²) in [6.45, 7) is 0. The van der Waals surface area contributed by atoms with E-state index < -0.39 is 15.0 Å². The molecular weight excluding hydrogens is 280 g/mol. The topological polar surface area (TPSA) is 51.2 Å². The smallest absolute Gasteiger partial charge is 0.276 e. The highest BCUT2D eigenvalue weighted by atomic mass is 32.2. The van der Waals surface area contributed by atoms with Crippen LogP contribution in [-0.4, -0.2) is 13.5 Å². The summed E-state index contributed by atoms with van der Waals surface area (Å²) in [6.07, 6.45) is 0. The average Bonchev–Trinajstić information content (AvgIpc) is 2.47. The maximum absolute atomic E-state index is 12.3. The summed E-state index contributed by atoms with van der Waals surface area (Å²) in [4.78, 5) is 12.1. The summed E-state index contributed by atoms with van der Waals surface area (Å²) < 4.78 is 24.7. The SMILES string of the molecule is O=C(c1ccccc1)S(=O)(=O)c1ccccc1CS. The number of thiol groups is 1. The number of benzene rings is 2. The molecule has 0 amide bonds. The first kappa shape index (κ1) is 13.8. The number of hydrogen-bond donors (Lipinski definition) is 1. The molecule has 0 unspecified atom stereocenters. The van der Waals surface area contributed by atoms with Crippen LogP contribution in [0.5, 0.6) is 0 Å². The van der Waals surface area contributed by atoms with Crippen LogP contribution in [0.25, 0.3) is 0 Å². The Morgan fingerprint density at radius 1 is 0.947 bits per heavy atom. The van der Waals surface area contributed by atoms with E-state index in [2.05, 4.69) is 12.6 Å². The molecule has 0 spiro atoms. The minimum atomic E-state index is -4.02. The second-order valence-corrected chi connectivity index (χ2v) is 6.06. The Labute approximate surface area is 117 Å². The third-order valence-electron chi connectivity index (χ3n) is 2.69. The van der Waals surface area contributed by atoms with Crippen LogP contribution in [0.4, 0.5) is 0 Å². The first-order valence-electron chi connectivity index (χ1n) is 5.60. The zero-order chi connectivity index (χ0) is 13.9. The zero-order valence-corrected chi connectivity index (χ0v) is 11.7. The third kappa shape index (κ3) is 2.72. The van der Waals surface area contributed by atoms with Crippen LogP contribution < -0.4 is 0 Å². The van der Waals surface area contributed by atoms with Crippen LogP contribution in [0.1, 0.15) is 15.9 Å². The summed E-state index contributed by atoms with van der Waals surface area (Å²) in [5.41, 5.74) is 0.687. The summed E-state index contributed by atoms with van der Waals surface area (Å²) in [6, 6.07) is 14.4. The van der Waals surface area contributed by atoms with Gasteiger partial charge in [-0.3, -0.25) is 4.79 Å². The molecule has 0 saturated carbocycles. The van der Waals surface area contributed by atoms with Gasteiger partial charge >= 0.3 is 0 Å². The molecule has 0 N–H and O–H groups in total. The molecule has 2 rings (SSSR count). The summed E-state index contributed by atoms with van der Waals surface area (Å²) >= 11 is 4.09. The van der Waals surface area contributed by atoms with E-state index in [1.165, 1.54) is 18.2 Å². The van der Waals surface area contributed by atoms with Gasteiger partial charge in [0.15, 0.2) is 0 Å². The van der Waals surface area contributed by atoms with Crippen LogP contribution in [0.2, 0.25) is 0 Å². The fourth-order valence-corrected chi connectivity index (χ4v) is 3.50. The largest absolute Gasteiger partial charge is 0.281 e. The first-order valence-corrected chi connectivity index (χ1v) is 7.72. The summed E-state index contributed by atoms with van der Waals surface area (Å²) in [5.74, 6) is 0.261. The molecular formula is C14H12O3S2. The highest BCUT2D eigenvalue weighted by Gasteiger charge is 2.27. The second kappa shape index (κ2) is 5.59. The molecule has 0 aromatic heterocycles. The lowest BCUT2D eigenvalue weighted by molar-refractivity contribution is 0.107. The van der Waals surface area contributed by atoms with Gasteiger partial charge < -0.3 is 0 Å². The molecule has 0 aliphatic heterocycles. The Morgan fingerprint density at radius 3 is 2.16 bits per heavy atom. The van der Waals surface area contributed by atoms with E-state index in [0.29, 0.717) is 5.56 Å².